The van der Waals surface area contributed by atoms with Gasteiger partial charge in [0.1, 0.15) is 0 Å². The molecule has 0 fully saturated rings. The lowest BCUT2D eigenvalue weighted by atomic mass is 9.98. The predicted molar refractivity (Wildman–Crippen MR) is 64.3 cm³/mol. The van der Waals surface area contributed by atoms with Gasteiger partial charge in [0.15, 0.2) is 0 Å². The second kappa shape index (κ2) is 5.02. The van der Waals surface area contributed by atoms with Crippen molar-refractivity contribution in [3.63, 3.8) is 0 Å². The molecule has 14 heavy (non-hydrogen) atoms. The van der Waals surface area contributed by atoms with Gasteiger partial charge in [0.25, 0.3) is 0 Å². The first-order valence-corrected chi connectivity index (χ1v) is 5.05. The molecule has 0 spiro atoms. The van der Waals surface area contributed by atoms with Gasteiger partial charge < -0.3 is 0 Å². The molecule has 1 rings (SSSR count). The van der Waals surface area contributed by atoms with Crippen LogP contribution in [0.3, 0.4) is 0 Å². The molecule has 0 atom stereocenters. The largest absolute Gasteiger partial charge is 0.0961 e. The quantitative estimate of drug-likeness (QED) is 0.596. The van der Waals surface area contributed by atoms with Gasteiger partial charge in [-0.15, -0.1) is 0 Å². The molecule has 0 radical (unpaired) electrons. The molecular formula is C13H15Cl. The van der Waals surface area contributed by atoms with Gasteiger partial charge in [-0.25, -0.2) is 0 Å². The molecular weight excluding hydrogens is 192 g/mol. The highest BCUT2D eigenvalue weighted by molar-refractivity contribution is 6.29. The maximum atomic E-state index is 5.87. The van der Waals surface area contributed by atoms with Crippen LogP contribution in [0.15, 0.2) is 59.2 Å². The van der Waals surface area contributed by atoms with Gasteiger partial charge in [0.05, 0.1) is 0 Å². The van der Waals surface area contributed by atoms with Crippen LogP contribution in [0.5, 0.6) is 0 Å². The van der Waals surface area contributed by atoms with Crippen LogP contribution in [0, 0.1) is 0 Å². The fraction of sp³-hybridized carbons (Fsp3) is 0.231. The normalized spacial score (nSPS) is 16.4. The van der Waals surface area contributed by atoms with Gasteiger partial charge in [-0.1, -0.05) is 48.6 Å². The van der Waals surface area contributed by atoms with Crippen LogP contribution in [0.25, 0.3) is 0 Å². The van der Waals surface area contributed by atoms with Gasteiger partial charge in [0, 0.05) is 5.03 Å². The summed E-state index contributed by atoms with van der Waals surface area (Å²) in [5.41, 5.74) is 3.34. The zero-order valence-electron chi connectivity index (χ0n) is 8.52. The molecule has 0 amide bonds. The summed E-state index contributed by atoms with van der Waals surface area (Å²) in [6, 6.07) is 0. The Morgan fingerprint density at radius 3 is 2.50 bits per heavy atom. The molecule has 0 nitrogen and oxygen atoms in total. The Balaban J connectivity index is 2.67. The topological polar surface area (TPSA) is 0 Å². The Bertz CT molecular complexity index is 340. The van der Waals surface area contributed by atoms with Gasteiger partial charge in [-0.05, 0) is 37.0 Å². The van der Waals surface area contributed by atoms with Crippen molar-refractivity contribution in [2.45, 2.75) is 19.8 Å². The third kappa shape index (κ3) is 3.39. The van der Waals surface area contributed by atoms with Crippen LogP contribution in [0.2, 0.25) is 0 Å². The number of hydrogen-bond acceptors (Lipinski definition) is 0. The van der Waals surface area contributed by atoms with Gasteiger partial charge >= 0.3 is 0 Å². The molecule has 0 aromatic heterocycles. The monoisotopic (exact) mass is 206 g/mol. The Morgan fingerprint density at radius 1 is 1.29 bits per heavy atom. The van der Waals surface area contributed by atoms with Crippen molar-refractivity contribution < 1.29 is 0 Å². The van der Waals surface area contributed by atoms with E-state index in [0.717, 1.165) is 29.0 Å². The fourth-order valence-electron chi connectivity index (χ4n) is 1.23. The maximum Gasteiger partial charge on any atom is 0.0184 e. The minimum atomic E-state index is 0.922. The lowest BCUT2D eigenvalue weighted by Gasteiger charge is -2.10. The molecule has 1 heteroatoms. The van der Waals surface area contributed by atoms with Crippen molar-refractivity contribution in [2.24, 2.45) is 0 Å². The van der Waals surface area contributed by atoms with Gasteiger partial charge in [-0.2, -0.15) is 0 Å². The summed E-state index contributed by atoms with van der Waals surface area (Å²) in [4.78, 5) is 0. The van der Waals surface area contributed by atoms with Gasteiger partial charge in [0.2, 0.25) is 0 Å². The maximum absolute atomic E-state index is 5.87. The average Bonchev–Trinajstić information content (AvgIpc) is 2.15. The van der Waals surface area contributed by atoms with Crippen LogP contribution in [0.4, 0.5) is 0 Å². The number of rotatable bonds is 3. The highest BCUT2D eigenvalue weighted by Crippen LogP contribution is 2.25. The third-order valence-electron chi connectivity index (χ3n) is 2.08. The van der Waals surface area contributed by atoms with E-state index in [1.165, 1.54) is 5.57 Å². The van der Waals surface area contributed by atoms with E-state index >= 15 is 0 Å². The highest BCUT2D eigenvalue weighted by atomic mass is 35.5. The van der Waals surface area contributed by atoms with E-state index in [-0.39, 0.29) is 0 Å². The third-order valence-corrected chi connectivity index (χ3v) is 2.39. The van der Waals surface area contributed by atoms with Crippen LogP contribution in [0.1, 0.15) is 19.8 Å². The minimum Gasteiger partial charge on any atom is -0.0961 e. The first-order valence-electron chi connectivity index (χ1n) is 4.67. The van der Waals surface area contributed by atoms with Crippen molar-refractivity contribution in [1.82, 2.24) is 0 Å². The minimum absolute atomic E-state index is 0.922. The molecule has 0 aliphatic heterocycles. The molecule has 0 heterocycles. The second-order valence-electron chi connectivity index (χ2n) is 3.51. The molecule has 0 N–H and O–H groups in total. The summed E-state index contributed by atoms with van der Waals surface area (Å²) < 4.78 is 0. The average molecular weight is 207 g/mol. The Kier molecular flexibility index (Phi) is 3.97. The molecule has 0 saturated carbocycles. The predicted octanol–water partition coefficient (Wildman–Crippen LogP) is 4.52. The molecule has 0 saturated heterocycles. The van der Waals surface area contributed by atoms with E-state index in [0.29, 0.717) is 0 Å². The van der Waals surface area contributed by atoms with Crippen LogP contribution < -0.4 is 0 Å². The number of allylic oxidation sites excluding steroid dienone is 8. The summed E-state index contributed by atoms with van der Waals surface area (Å²) in [6.07, 6.45) is 9.86. The van der Waals surface area contributed by atoms with Crippen LogP contribution in [-0.4, -0.2) is 0 Å². The van der Waals surface area contributed by atoms with E-state index in [1.807, 2.05) is 31.2 Å². The first kappa shape index (κ1) is 11.1. The van der Waals surface area contributed by atoms with Crippen molar-refractivity contribution in [3.8, 4) is 0 Å². The number of hydrogen-bond donors (Lipinski definition) is 0. The molecule has 1 aliphatic rings. The molecule has 0 aromatic carbocycles. The molecule has 0 unspecified atom stereocenters. The van der Waals surface area contributed by atoms with Crippen LogP contribution in [-0.2, 0) is 0 Å². The van der Waals surface area contributed by atoms with Crippen molar-refractivity contribution >= 4 is 11.6 Å². The van der Waals surface area contributed by atoms with E-state index in [2.05, 4.69) is 13.2 Å². The Hall–Kier alpha value is -1.01. The molecule has 0 aromatic rings. The summed E-state index contributed by atoms with van der Waals surface area (Å²) >= 11 is 5.87. The van der Waals surface area contributed by atoms with Crippen molar-refractivity contribution in [3.05, 3.63) is 59.2 Å². The van der Waals surface area contributed by atoms with E-state index in [9.17, 15) is 0 Å². The lowest BCUT2D eigenvalue weighted by molar-refractivity contribution is 0.963. The van der Waals surface area contributed by atoms with Crippen LogP contribution >= 0.6 is 11.6 Å². The highest BCUT2D eigenvalue weighted by Gasteiger charge is 2.05. The van der Waals surface area contributed by atoms with Crippen molar-refractivity contribution in [1.29, 1.82) is 0 Å². The summed E-state index contributed by atoms with van der Waals surface area (Å²) in [5, 5.41) is 0.922. The Morgan fingerprint density at radius 2 is 2.00 bits per heavy atom. The fourth-order valence-corrected chi connectivity index (χ4v) is 1.39. The van der Waals surface area contributed by atoms with E-state index < -0.39 is 0 Å². The summed E-state index contributed by atoms with van der Waals surface area (Å²) in [6.45, 7) is 9.78. The van der Waals surface area contributed by atoms with Gasteiger partial charge in [-0.3, -0.25) is 0 Å². The summed E-state index contributed by atoms with van der Waals surface area (Å²) in [7, 11) is 0. The smallest absolute Gasteiger partial charge is 0.0184 e. The second-order valence-corrected chi connectivity index (χ2v) is 4.00. The molecule has 74 valence electrons. The summed E-state index contributed by atoms with van der Waals surface area (Å²) in [5.74, 6) is 0. The Labute approximate surface area is 91.0 Å². The number of halogens is 1. The first-order chi connectivity index (χ1) is 6.59. The standard InChI is InChI=1S/C13H15Cl/c1-10(2)4-5-11(3)12-6-8-13(14)9-7-12/h4-6,8H,1,3,7,9H2,2H3/b5-4-. The van der Waals surface area contributed by atoms with E-state index in [4.69, 9.17) is 11.6 Å². The van der Waals surface area contributed by atoms with E-state index in [1.54, 1.807) is 0 Å². The molecule has 0 bridgehead atoms. The zero-order valence-corrected chi connectivity index (χ0v) is 9.27. The molecule has 1 aliphatic carbocycles. The SMILES string of the molecule is C=C(C)/C=C\C(=C)C1=CC=C(Cl)CC1. The lowest BCUT2D eigenvalue weighted by Crippen LogP contribution is -1.91. The zero-order chi connectivity index (χ0) is 10.6. The van der Waals surface area contributed by atoms with Crippen molar-refractivity contribution in [2.75, 3.05) is 0 Å².